The quantitative estimate of drug-likeness (QED) is 0.621. The van der Waals surface area contributed by atoms with Gasteiger partial charge in [0.15, 0.2) is 0 Å². The van der Waals surface area contributed by atoms with Crippen molar-refractivity contribution >= 4 is 15.9 Å². The van der Waals surface area contributed by atoms with E-state index in [0.717, 1.165) is 17.2 Å². The van der Waals surface area contributed by atoms with Crippen molar-refractivity contribution < 1.29 is 0 Å². The fourth-order valence-corrected chi connectivity index (χ4v) is 3.98. The maximum absolute atomic E-state index is 3.73. The van der Waals surface area contributed by atoms with Crippen LogP contribution in [0.5, 0.6) is 0 Å². The molecule has 0 aliphatic heterocycles. The van der Waals surface area contributed by atoms with Crippen LogP contribution in [0.2, 0.25) is 0 Å². The summed E-state index contributed by atoms with van der Waals surface area (Å²) < 4.78 is 0. The Hall–Kier alpha value is -0.300. The van der Waals surface area contributed by atoms with Crippen molar-refractivity contribution in [3.63, 3.8) is 0 Å². The molecular weight excluding hydrogens is 296 g/mol. The molecule has 0 heterocycles. The molecule has 1 saturated carbocycles. The molecule has 0 saturated heterocycles. The average Bonchev–Trinajstić information content (AvgIpc) is 2.89. The van der Waals surface area contributed by atoms with Gasteiger partial charge in [0.1, 0.15) is 0 Å². The molecule has 2 rings (SSSR count). The van der Waals surface area contributed by atoms with Gasteiger partial charge in [0.05, 0.1) is 0 Å². The van der Waals surface area contributed by atoms with E-state index in [2.05, 4.69) is 61.0 Å². The van der Waals surface area contributed by atoms with Gasteiger partial charge in [0.2, 0.25) is 0 Å². The Morgan fingerprint density at radius 3 is 2.16 bits per heavy atom. The van der Waals surface area contributed by atoms with Crippen LogP contribution in [-0.2, 0) is 11.8 Å². The van der Waals surface area contributed by atoms with Crippen LogP contribution in [0.25, 0.3) is 0 Å². The Balaban J connectivity index is 2.01. The standard InChI is InChI=1S/C18H27Br/c1-18(2,3)17-10-8-14(9-11-17)12-16(13-19)15-6-4-5-7-15/h8-11,15-16H,4-7,12-13H2,1-3H3. The van der Waals surface area contributed by atoms with E-state index in [-0.39, 0.29) is 5.41 Å². The lowest BCUT2D eigenvalue weighted by atomic mass is 9.84. The number of alkyl halides is 1. The zero-order chi connectivity index (χ0) is 13.9. The predicted molar refractivity (Wildman–Crippen MR) is 88.1 cm³/mol. The van der Waals surface area contributed by atoms with E-state index in [4.69, 9.17) is 0 Å². The van der Waals surface area contributed by atoms with Crippen molar-refractivity contribution in [1.82, 2.24) is 0 Å². The van der Waals surface area contributed by atoms with Crippen molar-refractivity contribution in [2.45, 2.75) is 58.3 Å². The first-order valence-electron chi connectivity index (χ1n) is 7.66. The zero-order valence-corrected chi connectivity index (χ0v) is 14.2. The molecule has 1 atom stereocenters. The summed E-state index contributed by atoms with van der Waals surface area (Å²) in [6, 6.07) is 9.31. The molecule has 1 aromatic rings. The molecule has 0 bridgehead atoms. The van der Waals surface area contributed by atoms with Crippen LogP contribution < -0.4 is 0 Å². The van der Waals surface area contributed by atoms with E-state index in [1.54, 1.807) is 0 Å². The van der Waals surface area contributed by atoms with Gasteiger partial charge in [-0.15, -0.1) is 0 Å². The first-order chi connectivity index (χ1) is 9.00. The van der Waals surface area contributed by atoms with Crippen molar-refractivity contribution in [3.05, 3.63) is 35.4 Å². The Labute approximate surface area is 127 Å². The lowest BCUT2D eigenvalue weighted by Crippen LogP contribution is -2.16. The number of halogens is 1. The summed E-state index contributed by atoms with van der Waals surface area (Å²) in [5.74, 6) is 1.77. The van der Waals surface area contributed by atoms with E-state index in [9.17, 15) is 0 Å². The number of hydrogen-bond acceptors (Lipinski definition) is 0. The third-order valence-corrected chi connectivity index (χ3v) is 5.41. The van der Waals surface area contributed by atoms with Crippen LogP contribution >= 0.6 is 15.9 Å². The SMILES string of the molecule is CC(C)(C)c1ccc(CC(CBr)C2CCCC2)cc1. The molecule has 1 aliphatic carbocycles. The maximum atomic E-state index is 3.73. The van der Waals surface area contributed by atoms with Gasteiger partial charge in [0, 0.05) is 5.33 Å². The summed E-state index contributed by atoms with van der Waals surface area (Å²) in [4.78, 5) is 0. The summed E-state index contributed by atoms with van der Waals surface area (Å²) in [5.41, 5.74) is 3.20. The minimum atomic E-state index is 0.263. The highest BCUT2D eigenvalue weighted by Crippen LogP contribution is 2.34. The molecule has 0 aromatic heterocycles. The Morgan fingerprint density at radius 2 is 1.68 bits per heavy atom. The van der Waals surface area contributed by atoms with Gasteiger partial charge in [-0.2, -0.15) is 0 Å². The largest absolute Gasteiger partial charge is 0.0925 e. The monoisotopic (exact) mass is 322 g/mol. The third kappa shape index (κ3) is 4.08. The van der Waals surface area contributed by atoms with Crippen LogP contribution in [0.15, 0.2) is 24.3 Å². The van der Waals surface area contributed by atoms with Crippen LogP contribution in [0.4, 0.5) is 0 Å². The smallest absolute Gasteiger partial charge is 0.00654 e. The van der Waals surface area contributed by atoms with E-state index in [1.807, 2.05) is 0 Å². The molecule has 1 aromatic carbocycles. The third-order valence-electron chi connectivity index (χ3n) is 4.58. The number of hydrogen-bond donors (Lipinski definition) is 0. The van der Waals surface area contributed by atoms with Gasteiger partial charge in [-0.1, -0.05) is 86.6 Å². The van der Waals surface area contributed by atoms with Crippen molar-refractivity contribution in [3.8, 4) is 0 Å². The number of rotatable bonds is 4. The minimum Gasteiger partial charge on any atom is -0.0925 e. The first-order valence-corrected chi connectivity index (χ1v) is 8.78. The van der Waals surface area contributed by atoms with Crippen LogP contribution in [0.1, 0.15) is 57.6 Å². The molecule has 19 heavy (non-hydrogen) atoms. The fourth-order valence-electron chi connectivity index (χ4n) is 3.22. The van der Waals surface area contributed by atoms with Gasteiger partial charge < -0.3 is 0 Å². The normalized spacial score (nSPS) is 18.7. The molecule has 0 spiro atoms. The Kier molecular flexibility index (Phi) is 5.11. The zero-order valence-electron chi connectivity index (χ0n) is 12.6. The van der Waals surface area contributed by atoms with Gasteiger partial charge in [0.25, 0.3) is 0 Å². The van der Waals surface area contributed by atoms with E-state index in [1.165, 1.54) is 43.2 Å². The molecule has 0 nitrogen and oxygen atoms in total. The van der Waals surface area contributed by atoms with E-state index in [0.29, 0.717) is 0 Å². The summed E-state index contributed by atoms with van der Waals surface area (Å²) >= 11 is 3.73. The van der Waals surface area contributed by atoms with Crippen molar-refractivity contribution in [2.75, 3.05) is 5.33 Å². The molecular formula is C18H27Br. The number of benzene rings is 1. The predicted octanol–water partition coefficient (Wildman–Crippen LogP) is 5.73. The minimum absolute atomic E-state index is 0.263. The lowest BCUT2D eigenvalue weighted by Gasteiger charge is -2.22. The molecule has 0 radical (unpaired) electrons. The van der Waals surface area contributed by atoms with Gasteiger partial charge in [-0.05, 0) is 34.8 Å². The molecule has 1 fully saturated rings. The lowest BCUT2D eigenvalue weighted by molar-refractivity contribution is 0.373. The van der Waals surface area contributed by atoms with Gasteiger partial charge >= 0.3 is 0 Å². The Bertz CT molecular complexity index is 379. The highest BCUT2D eigenvalue weighted by atomic mass is 79.9. The van der Waals surface area contributed by atoms with Crippen molar-refractivity contribution in [1.29, 1.82) is 0 Å². The Morgan fingerprint density at radius 1 is 1.11 bits per heavy atom. The molecule has 1 unspecified atom stereocenters. The van der Waals surface area contributed by atoms with E-state index >= 15 is 0 Å². The van der Waals surface area contributed by atoms with Crippen LogP contribution in [0, 0.1) is 11.8 Å². The topological polar surface area (TPSA) is 0 Å². The van der Waals surface area contributed by atoms with Crippen molar-refractivity contribution in [2.24, 2.45) is 11.8 Å². The summed E-state index contributed by atoms with van der Waals surface area (Å²) in [6.45, 7) is 6.84. The molecule has 0 N–H and O–H groups in total. The second kappa shape index (κ2) is 6.43. The molecule has 0 amide bonds. The molecule has 1 heteroatoms. The summed E-state index contributed by atoms with van der Waals surface area (Å²) in [5, 5.41) is 1.15. The highest BCUT2D eigenvalue weighted by Gasteiger charge is 2.24. The average molecular weight is 323 g/mol. The maximum Gasteiger partial charge on any atom is 0.00654 e. The van der Waals surface area contributed by atoms with Gasteiger partial charge in [-0.25, -0.2) is 0 Å². The first kappa shape index (κ1) is 15.1. The molecule has 1 aliphatic rings. The van der Waals surface area contributed by atoms with Gasteiger partial charge in [-0.3, -0.25) is 0 Å². The van der Waals surface area contributed by atoms with Crippen LogP contribution in [0.3, 0.4) is 0 Å². The van der Waals surface area contributed by atoms with Crippen LogP contribution in [-0.4, -0.2) is 5.33 Å². The second-order valence-corrected chi connectivity index (χ2v) is 7.76. The fraction of sp³-hybridized carbons (Fsp3) is 0.667. The summed E-state index contributed by atoms with van der Waals surface area (Å²) in [6.07, 6.45) is 7.00. The summed E-state index contributed by atoms with van der Waals surface area (Å²) in [7, 11) is 0. The second-order valence-electron chi connectivity index (χ2n) is 7.11. The molecule has 106 valence electrons. The van der Waals surface area contributed by atoms with E-state index < -0.39 is 0 Å². The highest BCUT2D eigenvalue weighted by molar-refractivity contribution is 9.09.